The molecule has 2 heterocycles. The van der Waals surface area contributed by atoms with Crippen LogP contribution in [0.5, 0.6) is 0 Å². The van der Waals surface area contributed by atoms with E-state index in [2.05, 4.69) is 10.3 Å². The van der Waals surface area contributed by atoms with Crippen molar-refractivity contribution >= 4 is 28.8 Å². The van der Waals surface area contributed by atoms with Crippen LogP contribution in [0.1, 0.15) is 32.9 Å². The molecule has 8 heteroatoms. The third-order valence-corrected chi connectivity index (χ3v) is 4.30. The zero-order valence-electron chi connectivity index (χ0n) is 14.2. The molecular formula is C18H15ClF3N3O. The van der Waals surface area contributed by atoms with Crippen molar-refractivity contribution in [2.45, 2.75) is 26.9 Å². The van der Waals surface area contributed by atoms with Gasteiger partial charge in [-0.05, 0) is 50.1 Å². The van der Waals surface area contributed by atoms with E-state index in [9.17, 15) is 18.0 Å². The molecule has 1 N–H and O–H groups in total. The van der Waals surface area contributed by atoms with E-state index >= 15 is 0 Å². The number of nitrogens with one attached hydrogen (secondary N) is 1. The molecule has 0 unspecified atom stereocenters. The first kappa shape index (κ1) is 18.3. The Morgan fingerprint density at radius 1 is 1.19 bits per heavy atom. The zero-order chi connectivity index (χ0) is 19.2. The molecule has 0 aliphatic rings. The molecule has 0 atom stereocenters. The van der Waals surface area contributed by atoms with Gasteiger partial charge in [0.2, 0.25) is 0 Å². The Hall–Kier alpha value is -2.54. The fraction of sp³-hybridized carbons (Fsp3) is 0.222. The summed E-state index contributed by atoms with van der Waals surface area (Å²) in [5, 5.41) is 3.05. The van der Waals surface area contributed by atoms with Gasteiger partial charge in [-0.15, -0.1) is 0 Å². The fourth-order valence-electron chi connectivity index (χ4n) is 2.85. The molecule has 0 spiro atoms. The lowest BCUT2D eigenvalue weighted by molar-refractivity contribution is -0.137. The highest BCUT2D eigenvalue weighted by Gasteiger charge is 2.31. The summed E-state index contributed by atoms with van der Waals surface area (Å²) in [6.07, 6.45) is -3.65. The van der Waals surface area contributed by atoms with Crippen LogP contribution in [-0.2, 0) is 6.18 Å². The molecule has 136 valence electrons. The van der Waals surface area contributed by atoms with Crippen molar-refractivity contribution in [2.75, 3.05) is 5.32 Å². The normalized spacial score (nSPS) is 11.8. The monoisotopic (exact) mass is 381 g/mol. The Kier molecular flexibility index (Phi) is 4.44. The number of alkyl halides is 3. The molecule has 1 aromatic carbocycles. The van der Waals surface area contributed by atoms with Gasteiger partial charge in [-0.2, -0.15) is 13.2 Å². The van der Waals surface area contributed by atoms with E-state index in [1.54, 1.807) is 19.9 Å². The van der Waals surface area contributed by atoms with Crippen LogP contribution in [0.4, 0.5) is 18.9 Å². The fourth-order valence-corrected chi connectivity index (χ4v) is 3.22. The average Bonchev–Trinajstić information content (AvgIpc) is 2.84. The lowest BCUT2D eigenvalue weighted by atomic mass is 10.1. The van der Waals surface area contributed by atoms with Crippen molar-refractivity contribution in [1.82, 2.24) is 9.38 Å². The molecule has 0 radical (unpaired) electrons. The highest BCUT2D eigenvalue weighted by atomic mass is 35.5. The first-order chi connectivity index (χ1) is 12.1. The molecule has 0 aliphatic heterocycles. The van der Waals surface area contributed by atoms with E-state index in [0.717, 1.165) is 27.8 Å². The van der Waals surface area contributed by atoms with Crippen LogP contribution in [0, 0.1) is 20.8 Å². The molecule has 0 saturated heterocycles. The van der Waals surface area contributed by atoms with Gasteiger partial charge in [0, 0.05) is 6.20 Å². The van der Waals surface area contributed by atoms with E-state index < -0.39 is 17.6 Å². The minimum absolute atomic E-state index is 0.0298. The standard InChI is InChI=1S/C18H15ClF3N3O/c1-9-6-10(2)15(13(19)7-9)24-17(26)16-11(3)23-14-5-4-12(8-25(14)16)18(20,21)22/h4-8H,1-3H3,(H,24,26). The largest absolute Gasteiger partial charge is 0.417 e. The lowest BCUT2D eigenvalue weighted by Gasteiger charge is -2.12. The smallest absolute Gasteiger partial charge is 0.319 e. The maximum absolute atomic E-state index is 13.0. The Bertz CT molecular complexity index is 1000. The summed E-state index contributed by atoms with van der Waals surface area (Å²) < 4.78 is 40.1. The number of aryl methyl sites for hydroxylation is 3. The van der Waals surface area contributed by atoms with Gasteiger partial charge in [0.15, 0.2) is 0 Å². The Morgan fingerprint density at radius 3 is 2.50 bits per heavy atom. The number of aromatic nitrogens is 2. The van der Waals surface area contributed by atoms with Crippen LogP contribution < -0.4 is 5.32 Å². The minimum atomic E-state index is -4.52. The molecule has 2 aromatic heterocycles. The van der Waals surface area contributed by atoms with E-state index in [4.69, 9.17) is 11.6 Å². The van der Waals surface area contributed by atoms with Crippen molar-refractivity contribution in [3.05, 3.63) is 63.6 Å². The summed E-state index contributed by atoms with van der Waals surface area (Å²) in [4.78, 5) is 16.9. The van der Waals surface area contributed by atoms with Gasteiger partial charge in [-0.3, -0.25) is 9.20 Å². The van der Waals surface area contributed by atoms with Crippen LogP contribution >= 0.6 is 11.6 Å². The van der Waals surface area contributed by atoms with Crippen LogP contribution in [0.2, 0.25) is 5.02 Å². The SMILES string of the molecule is Cc1cc(C)c(NC(=O)c2c(C)nc3ccc(C(F)(F)F)cn23)c(Cl)c1. The number of anilines is 1. The molecule has 0 aliphatic carbocycles. The van der Waals surface area contributed by atoms with E-state index in [1.807, 2.05) is 13.0 Å². The van der Waals surface area contributed by atoms with Gasteiger partial charge >= 0.3 is 6.18 Å². The van der Waals surface area contributed by atoms with Gasteiger partial charge in [-0.25, -0.2) is 4.98 Å². The Labute approximate surface area is 152 Å². The number of carbonyl (C=O) groups excluding carboxylic acids is 1. The number of hydrogen-bond donors (Lipinski definition) is 1. The number of halogens is 4. The van der Waals surface area contributed by atoms with Gasteiger partial charge in [0.25, 0.3) is 5.91 Å². The summed E-state index contributed by atoms with van der Waals surface area (Å²) in [5.74, 6) is -0.580. The Balaban J connectivity index is 2.07. The van der Waals surface area contributed by atoms with Gasteiger partial charge in [0.05, 0.1) is 22.0 Å². The van der Waals surface area contributed by atoms with Gasteiger partial charge in [-0.1, -0.05) is 17.7 Å². The second-order valence-corrected chi connectivity index (χ2v) is 6.49. The van der Waals surface area contributed by atoms with Crippen molar-refractivity contribution < 1.29 is 18.0 Å². The van der Waals surface area contributed by atoms with Crippen LogP contribution in [0.15, 0.2) is 30.5 Å². The van der Waals surface area contributed by atoms with Crippen molar-refractivity contribution in [1.29, 1.82) is 0 Å². The zero-order valence-corrected chi connectivity index (χ0v) is 15.0. The number of hydrogen-bond acceptors (Lipinski definition) is 2. The summed E-state index contributed by atoms with van der Waals surface area (Å²) in [6, 6.07) is 5.72. The average molecular weight is 382 g/mol. The summed E-state index contributed by atoms with van der Waals surface area (Å²) in [5.41, 5.74) is 1.86. The molecule has 26 heavy (non-hydrogen) atoms. The number of fused-ring (bicyclic) bond motifs is 1. The first-order valence-electron chi connectivity index (χ1n) is 7.72. The molecule has 3 rings (SSSR count). The molecule has 1 amide bonds. The molecule has 0 fully saturated rings. The third kappa shape index (κ3) is 3.26. The molecule has 4 nitrogen and oxygen atoms in total. The summed E-state index contributed by atoms with van der Waals surface area (Å²) in [6.45, 7) is 5.23. The second-order valence-electron chi connectivity index (χ2n) is 6.08. The summed E-state index contributed by atoms with van der Waals surface area (Å²) >= 11 is 6.20. The molecular weight excluding hydrogens is 367 g/mol. The third-order valence-electron chi connectivity index (χ3n) is 4.01. The molecule has 0 saturated carbocycles. The predicted molar refractivity (Wildman–Crippen MR) is 93.8 cm³/mol. The number of carbonyl (C=O) groups is 1. The number of pyridine rings is 1. The van der Waals surface area contributed by atoms with Gasteiger partial charge in [0.1, 0.15) is 11.3 Å². The summed E-state index contributed by atoms with van der Waals surface area (Å²) in [7, 11) is 0. The number of imidazole rings is 1. The highest BCUT2D eigenvalue weighted by Crippen LogP contribution is 2.31. The lowest BCUT2D eigenvalue weighted by Crippen LogP contribution is -2.17. The van der Waals surface area contributed by atoms with Crippen LogP contribution in [0.3, 0.4) is 0 Å². The van der Waals surface area contributed by atoms with Crippen LogP contribution in [0.25, 0.3) is 5.65 Å². The molecule has 0 bridgehead atoms. The predicted octanol–water partition coefficient (Wildman–Crippen LogP) is 5.18. The minimum Gasteiger partial charge on any atom is -0.319 e. The number of amides is 1. The molecule has 3 aromatic rings. The van der Waals surface area contributed by atoms with Crippen molar-refractivity contribution in [3.8, 4) is 0 Å². The quantitative estimate of drug-likeness (QED) is 0.664. The second kappa shape index (κ2) is 6.32. The van der Waals surface area contributed by atoms with Crippen molar-refractivity contribution in [3.63, 3.8) is 0 Å². The number of rotatable bonds is 2. The highest BCUT2D eigenvalue weighted by molar-refractivity contribution is 6.34. The Morgan fingerprint density at radius 2 is 1.88 bits per heavy atom. The van der Waals surface area contributed by atoms with Gasteiger partial charge < -0.3 is 5.32 Å². The van der Waals surface area contributed by atoms with Crippen molar-refractivity contribution in [2.24, 2.45) is 0 Å². The topological polar surface area (TPSA) is 46.4 Å². The number of nitrogens with zero attached hydrogens (tertiary/aromatic N) is 2. The number of benzene rings is 1. The van der Waals surface area contributed by atoms with E-state index in [-0.39, 0.29) is 11.3 Å². The van der Waals surface area contributed by atoms with Crippen LogP contribution in [-0.4, -0.2) is 15.3 Å². The van der Waals surface area contributed by atoms with E-state index in [0.29, 0.717) is 16.4 Å². The maximum Gasteiger partial charge on any atom is 0.417 e. The van der Waals surface area contributed by atoms with E-state index in [1.165, 1.54) is 6.07 Å². The first-order valence-corrected chi connectivity index (χ1v) is 8.09. The maximum atomic E-state index is 13.0.